The van der Waals surface area contributed by atoms with E-state index >= 15 is 0 Å². The van der Waals surface area contributed by atoms with Gasteiger partial charge in [0, 0.05) is 30.7 Å². The van der Waals surface area contributed by atoms with E-state index in [0.717, 1.165) is 55.7 Å². The number of hydrogen-bond donors (Lipinski definition) is 1. The van der Waals surface area contributed by atoms with Gasteiger partial charge in [-0.25, -0.2) is 4.68 Å². The number of benzene rings is 1. The standard InChI is InChI=1S/C32H49ClN6O.C2H6/c1-8-10-11-22(9-2)28(24-14-16-25(33)17-15-24)35-31(40)27-18-21(3)19-38(27)30(34-7)29(32(4,5)6)39-20-26(36-37-39)23-12-13-23;1-2/h14-17,20-23,27-29H,8-13,18-19H2,1-7H3,(H,35,40);1-2H3. The molecule has 0 radical (unpaired) electrons. The molecule has 0 spiro atoms. The van der Waals surface area contributed by atoms with Gasteiger partial charge in [0.2, 0.25) is 5.91 Å². The number of rotatable bonds is 11. The third-order valence-corrected chi connectivity index (χ3v) is 8.89. The van der Waals surface area contributed by atoms with Crippen LogP contribution in [0, 0.1) is 17.3 Å². The monoisotopic (exact) mass is 598 g/mol. The summed E-state index contributed by atoms with van der Waals surface area (Å²) in [6.45, 7) is 18.1. The molecule has 1 N–H and O–H groups in total. The molecule has 4 rings (SSSR count). The zero-order valence-corrected chi connectivity index (χ0v) is 28.3. The van der Waals surface area contributed by atoms with Gasteiger partial charge in [-0.15, -0.1) is 5.10 Å². The number of aliphatic imine (C=N–C) groups is 1. The van der Waals surface area contributed by atoms with Crippen molar-refractivity contribution in [1.82, 2.24) is 25.2 Å². The summed E-state index contributed by atoms with van der Waals surface area (Å²) in [6, 6.07) is 7.51. The zero-order chi connectivity index (χ0) is 31.0. The molecule has 1 aromatic carbocycles. The molecule has 2 heterocycles. The fraction of sp³-hybridized carbons (Fsp3) is 0.706. The Hall–Kier alpha value is -2.41. The lowest BCUT2D eigenvalue weighted by Gasteiger charge is -2.38. The molecular weight excluding hydrogens is 544 g/mol. The summed E-state index contributed by atoms with van der Waals surface area (Å²) in [7, 11) is 1.85. The van der Waals surface area contributed by atoms with Crippen molar-refractivity contribution in [2.45, 2.75) is 124 Å². The van der Waals surface area contributed by atoms with Gasteiger partial charge in [0.25, 0.3) is 0 Å². The highest BCUT2D eigenvalue weighted by Gasteiger charge is 2.44. The first kappa shape index (κ1) is 34.1. The van der Waals surface area contributed by atoms with Gasteiger partial charge in [-0.1, -0.05) is 104 Å². The molecular formula is C34H55ClN6O. The first-order chi connectivity index (χ1) is 20.1. The molecule has 1 aliphatic heterocycles. The lowest BCUT2D eigenvalue weighted by molar-refractivity contribution is -0.125. The third-order valence-electron chi connectivity index (χ3n) is 8.64. The van der Waals surface area contributed by atoms with Crippen LogP contribution < -0.4 is 5.32 Å². The minimum absolute atomic E-state index is 0.0593. The Bertz CT molecular complexity index is 1150. The fourth-order valence-corrected chi connectivity index (χ4v) is 6.43. The quantitative estimate of drug-likeness (QED) is 0.209. The average molecular weight is 599 g/mol. The summed E-state index contributed by atoms with van der Waals surface area (Å²) in [5, 5.41) is 13.3. The van der Waals surface area contributed by atoms with E-state index in [1.165, 1.54) is 12.8 Å². The van der Waals surface area contributed by atoms with Crippen LogP contribution in [0.25, 0.3) is 0 Å². The normalized spacial score (nSPS) is 21.4. The molecule has 5 unspecified atom stereocenters. The average Bonchev–Trinajstić information content (AvgIpc) is 3.58. The van der Waals surface area contributed by atoms with Crippen LogP contribution >= 0.6 is 11.6 Å². The molecule has 1 saturated carbocycles. The van der Waals surface area contributed by atoms with Gasteiger partial charge in [0.15, 0.2) is 0 Å². The second kappa shape index (κ2) is 15.4. The van der Waals surface area contributed by atoms with Crippen LogP contribution in [0.3, 0.4) is 0 Å². The number of carbonyl (C=O) groups is 1. The smallest absolute Gasteiger partial charge is 0.243 e. The van der Waals surface area contributed by atoms with Crippen LogP contribution in [-0.4, -0.2) is 51.3 Å². The number of aromatic nitrogens is 3. The minimum Gasteiger partial charge on any atom is -0.347 e. The lowest BCUT2D eigenvalue weighted by Crippen LogP contribution is -2.51. The molecule has 234 valence electrons. The Morgan fingerprint density at radius 3 is 2.38 bits per heavy atom. The van der Waals surface area contributed by atoms with Crippen molar-refractivity contribution in [2.24, 2.45) is 22.2 Å². The van der Waals surface area contributed by atoms with E-state index in [0.29, 0.717) is 22.8 Å². The maximum atomic E-state index is 14.2. The number of unbranched alkanes of at least 4 members (excludes halogenated alkanes) is 1. The summed E-state index contributed by atoms with van der Waals surface area (Å²) in [6.07, 6.45) is 9.63. The summed E-state index contributed by atoms with van der Waals surface area (Å²) >= 11 is 6.23. The van der Waals surface area contributed by atoms with Gasteiger partial charge in [-0.05, 0) is 60.6 Å². The van der Waals surface area contributed by atoms with Crippen LogP contribution in [0.1, 0.15) is 130 Å². The Kier molecular flexibility index (Phi) is 12.5. The van der Waals surface area contributed by atoms with Crippen molar-refractivity contribution in [3.8, 4) is 0 Å². The number of likely N-dealkylation sites (tertiary alicyclic amines) is 1. The third kappa shape index (κ3) is 8.36. The van der Waals surface area contributed by atoms with E-state index in [-0.39, 0.29) is 29.4 Å². The summed E-state index contributed by atoms with van der Waals surface area (Å²) in [5.74, 6) is 2.25. The highest BCUT2D eigenvalue weighted by Crippen LogP contribution is 2.41. The van der Waals surface area contributed by atoms with Gasteiger partial charge in [-0.3, -0.25) is 9.79 Å². The first-order valence-electron chi connectivity index (χ1n) is 16.3. The number of carbonyl (C=O) groups excluding carboxylic acids is 1. The van der Waals surface area contributed by atoms with Crippen molar-refractivity contribution in [3.63, 3.8) is 0 Å². The molecule has 7 nitrogen and oxygen atoms in total. The maximum absolute atomic E-state index is 14.2. The van der Waals surface area contributed by atoms with Gasteiger partial charge >= 0.3 is 0 Å². The van der Waals surface area contributed by atoms with Crippen LogP contribution in [0.4, 0.5) is 0 Å². The van der Waals surface area contributed by atoms with Crippen molar-refractivity contribution in [2.75, 3.05) is 13.6 Å². The van der Waals surface area contributed by atoms with E-state index in [9.17, 15) is 4.79 Å². The largest absolute Gasteiger partial charge is 0.347 e. The van der Waals surface area contributed by atoms with Crippen molar-refractivity contribution < 1.29 is 4.79 Å². The molecule has 1 saturated heterocycles. The van der Waals surface area contributed by atoms with Gasteiger partial charge in [0.05, 0.1) is 11.7 Å². The lowest BCUT2D eigenvalue weighted by atomic mass is 9.85. The number of amides is 1. The Balaban J connectivity index is 0.00000237. The van der Waals surface area contributed by atoms with Gasteiger partial charge in [0.1, 0.15) is 17.9 Å². The van der Waals surface area contributed by atoms with E-state index in [1.807, 2.05) is 37.7 Å². The molecule has 2 aromatic rings. The Morgan fingerprint density at radius 2 is 1.83 bits per heavy atom. The number of halogens is 1. The highest BCUT2D eigenvalue weighted by molar-refractivity contribution is 6.30. The number of amidine groups is 1. The molecule has 42 heavy (non-hydrogen) atoms. The van der Waals surface area contributed by atoms with E-state index < -0.39 is 0 Å². The van der Waals surface area contributed by atoms with E-state index in [4.69, 9.17) is 16.6 Å². The molecule has 2 aliphatic rings. The molecule has 2 fully saturated rings. The molecule has 1 aromatic heterocycles. The van der Waals surface area contributed by atoms with Crippen LogP contribution in [0.5, 0.6) is 0 Å². The van der Waals surface area contributed by atoms with E-state index in [1.54, 1.807) is 0 Å². The van der Waals surface area contributed by atoms with Gasteiger partial charge in [-0.2, -0.15) is 0 Å². The van der Waals surface area contributed by atoms with Crippen LogP contribution in [-0.2, 0) is 4.79 Å². The molecule has 5 atom stereocenters. The van der Waals surface area contributed by atoms with Crippen molar-refractivity contribution in [3.05, 3.63) is 46.7 Å². The molecule has 8 heteroatoms. The number of hydrogen-bond acceptors (Lipinski definition) is 4. The predicted molar refractivity (Wildman–Crippen MR) is 175 cm³/mol. The summed E-state index contributed by atoms with van der Waals surface area (Å²) < 4.78 is 1.99. The van der Waals surface area contributed by atoms with E-state index in [2.05, 4.69) is 80.4 Å². The second-order valence-electron chi connectivity index (χ2n) is 13.1. The van der Waals surface area contributed by atoms with Crippen LogP contribution in [0.2, 0.25) is 5.02 Å². The van der Waals surface area contributed by atoms with Crippen molar-refractivity contribution >= 4 is 23.3 Å². The highest BCUT2D eigenvalue weighted by atomic mass is 35.5. The SMILES string of the molecule is CC.CCCCC(CC)C(NC(=O)C1CC(C)CN1C(=NC)C(n1cc(C2CC2)nn1)C(C)(C)C)c1ccc(Cl)cc1. The zero-order valence-electron chi connectivity index (χ0n) is 27.5. The fourth-order valence-electron chi connectivity index (χ4n) is 6.31. The Morgan fingerprint density at radius 1 is 1.17 bits per heavy atom. The maximum Gasteiger partial charge on any atom is 0.243 e. The Labute approximate surface area is 259 Å². The first-order valence-corrected chi connectivity index (χ1v) is 16.7. The topological polar surface area (TPSA) is 75.4 Å². The second-order valence-corrected chi connectivity index (χ2v) is 13.5. The summed E-state index contributed by atoms with van der Waals surface area (Å²) in [4.78, 5) is 21.3. The van der Waals surface area contributed by atoms with Crippen molar-refractivity contribution in [1.29, 1.82) is 0 Å². The minimum atomic E-state index is -0.288. The molecule has 0 bridgehead atoms. The number of nitrogens with one attached hydrogen (secondary N) is 1. The van der Waals surface area contributed by atoms with Crippen LogP contribution in [0.15, 0.2) is 35.5 Å². The van der Waals surface area contributed by atoms with Gasteiger partial charge < -0.3 is 10.2 Å². The number of nitrogens with zero attached hydrogens (tertiary/aromatic N) is 5. The molecule has 1 aliphatic carbocycles. The predicted octanol–water partition coefficient (Wildman–Crippen LogP) is 8.23. The summed E-state index contributed by atoms with van der Waals surface area (Å²) in [5.41, 5.74) is 2.01. The molecule has 1 amide bonds.